The average Bonchev–Trinajstić information content (AvgIpc) is 2.06. The standard InChI is InChI=1S/C4H5ClO/c1-3(5)4-2-6-4/h2-3H,1H3. The van der Waals surface area contributed by atoms with Crippen molar-refractivity contribution in [2.24, 2.45) is 0 Å². The molecule has 0 amide bonds. The Hall–Kier alpha value is -0.170. The van der Waals surface area contributed by atoms with Gasteiger partial charge in [-0.25, -0.2) is 0 Å². The van der Waals surface area contributed by atoms with Gasteiger partial charge in [0.05, 0.1) is 5.38 Å². The molecule has 34 valence electrons. The maximum atomic E-state index is 5.48. The molecule has 0 fully saturated rings. The van der Waals surface area contributed by atoms with Gasteiger partial charge < -0.3 is 4.74 Å². The first kappa shape index (κ1) is 4.00. The van der Waals surface area contributed by atoms with Crippen LogP contribution in [-0.4, -0.2) is 5.38 Å². The Morgan fingerprint density at radius 2 is 2.50 bits per heavy atom. The lowest BCUT2D eigenvalue weighted by Crippen LogP contribution is -1.82. The van der Waals surface area contributed by atoms with Gasteiger partial charge in [0.15, 0.2) is 5.76 Å². The summed E-state index contributed by atoms with van der Waals surface area (Å²) in [6.45, 7) is 1.88. The first-order valence-corrected chi connectivity index (χ1v) is 2.25. The molecule has 0 aliphatic carbocycles. The van der Waals surface area contributed by atoms with E-state index in [4.69, 9.17) is 11.6 Å². The van der Waals surface area contributed by atoms with E-state index in [1.807, 2.05) is 6.92 Å². The van der Waals surface area contributed by atoms with E-state index in [-0.39, 0.29) is 5.38 Å². The number of ether oxygens (including phenoxy) is 1. The van der Waals surface area contributed by atoms with Gasteiger partial charge in [0.1, 0.15) is 6.26 Å². The molecule has 1 heterocycles. The van der Waals surface area contributed by atoms with E-state index in [1.165, 1.54) is 0 Å². The van der Waals surface area contributed by atoms with Crippen LogP contribution < -0.4 is 0 Å². The predicted molar refractivity (Wildman–Crippen MR) is 24.5 cm³/mol. The molecule has 0 aromatic rings. The van der Waals surface area contributed by atoms with Crippen molar-refractivity contribution in [2.45, 2.75) is 12.3 Å². The van der Waals surface area contributed by atoms with Gasteiger partial charge in [0.2, 0.25) is 0 Å². The van der Waals surface area contributed by atoms with Crippen molar-refractivity contribution in [1.29, 1.82) is 0 Å². The van der Waals surface area contributed by atoms with Crippen LogP contribution in [0.15, 0.2) is 12.0 Å². The lowest BCUT2D eigenvalue weighted by Gasteiger charge is -1.84. The Morgan fingerprint density at radius 1 is 2.00 bits per heavy atom. The van der Waals surface area contributed by atoms with Crippen molar-refractivity contribution in [1.82, 2.24) is 0 Å². The van der Waals surface area contributed by atoms with E-state index in [9.17, 15) is 0 Å². The fraction of sp³-hybridized carbons (Fsp3) is 0.500. The number of alkyl halides is 1. The zero-order valence-corrected chi connectivity index (χ0v) is 4.20. The molecule has 1 atom stereocenters. The second-order valence-corrected chi connectivity index (χ2v) is 1.91. The number of hydrogen-bond donors (Lipinski definition) is 0. The maximum absolute atomic E-state index is 5.48. The van der Waals surface area contributed by atoms with Crippen LogP contribution in [0.2, 0.25) is 0 Å². The summed E-state index contributed by atoms with van der Waals surface area (Å²) in [5, 5.41) is 0.0741. The number of hydrogen-bond acceptors (Lipinski definition) is 1. The van der Waals surface area contributed by atoms with Crippen molar-refractivity contribution >= 4 is 11.6 Å². The average molecular weight is 105 g/mol. The molecule has 1 aliphatic heterocycles. The van der Waals surface area contributed by atoms with Crippen LogP contribution in [0.4, 0.5) is 0 Å². The van der Waals surface area contributed by atoms with Gasteiger partial charge in [-0.1, -0.05) is 0 Å². The molecule has 0 radical (unpaired) electrons. The van der Waals surface area contributed by atoms with Crippen LogP contribution in [0.25, 0.3) is 0 Å². The third-order valence-electron chi connectivity index (χ3n) is 0.646. The van der Waals surface area contributed by atoms with E-state index in [0.29, 0.717) is 0 Å². The summed E-state index contributed by atoms with van der Waals surface area (Å²) in [5.41, 5.74) is 0. The van der Waals surface area contributed by atoms with Crippen LogP contribution in [0.5, 0.6) is 0 Å². The van der Waals surface area contributed by atoms with Crippen LogP contribution >= 0.6 is 11.6 Å². The molecule has 0 aromatic heterocycles. The second-order valence-electron chi connectivity index (χ2n) is 1.25. The highest BCUT2D eigenvalue weighted by atomic mass is 35.5. The minimum absolute atomic E-state index is 0.0741. The Bertz CT molecular complexity index is 85.5. The topological polar surface area (TPSA) is 12.5 Å². The van der Waals surface area contributed by atoms with Gasteiger partial charge in [0.25, 0.3) is 0 Å². The number of halogens is 1. The highest BCUT2D eigenvalue weighted by molar-refractivity contribution is 6.22. The zero-order chi connectivity index (χ0) is 4.57. The van der Waals surface area contributed by atoms with E-state index >= 15 is 0 Å². The minimum atomic E-state index is 0.0741. The predicted octanol–water partition coefficient (Wildman–Crippen LogP) is 1.49. The third kappa shape index (κ3) is 0.658. The first-order chi connectivity index (χ1) is 2.80. The van der Waals surface area contributed by atoms with Gasteiger partial charge in [-0.2, -0.15) is 0 Å². The highest BCUT2D eigenvalue weighted by Crippen LogP contribution is 2.21. The Labute approximate surface area is 41.6 Å². The summed E-state index contributed by atoms with van der Waals surface area (Å²) in [6, 6.07) is 0. The molecular weight excluding hydrogens is 99.5 g/mol. The lowest BCUT2D eigenvalue weighted by atomic mass is 10.5. The largest absolute Gasteiger partial charge is 0.461 e. The molecule has 0 aromatic carbocycles. The summed E-state index contributed by atoms with van der Waals surface area (Å²) >= 11 is 5.48. The van der Waals surface area contributed by atoms with Crippen molar-refractivity contribution in [3.05, 3.63) is 12.0 Å². The summed E-state index contributed by atoms with van der Waals surface area (Å²) < 4.78 is 4.63. The maximum Gasteiger partial charge on any atom is 0.156 e. The van der Waals surface area contributed by atoms with Crippen LogP contribution in [0, 0.1) is 0 Å². The molecule has 1 aliphatic rings. The molecule has 0 saturated carbocycles. The molecule has 2 heteroatoms. The fourth-order valence-electron chi connectivity index (χ4n) is 0.222. The number of rotatable bonds is 1. The first-order valence-electron chi connectivity index (χ1n) is 1.81. The van der Waals surface area contributed by atoms with Gasteiger partial charge in [0, 0.05) is 0 Å². The molecule has 1 rings (SSSR count). The van der Waals surface area contributed by atoms with Gasteiger partial charge in [-0.05, 0) is 6.92 Å². The molecule has 0 spiro atoms. The second kappa shape index (κ2) is 1.16. The molecular formula is C4H5ClO. The van der Waals surface area contributed by atoms with Gasteiger partial charge in [-0.15, -0.1) is 11.6 Å². The van der Waals surface area contributed by atoms with Crippen molar-refractivity contribution in [3.63, 3.8) is 0 Å². The molecule has 1 nitrogen and oxygen atoms in total. The summed E-state index contributed by atoms with van der Waals surface area (Å²) in [6.07, 6.45) is 1.65. The molecule has 6 heavy (non-hydrogen) atoms. The van der Waals surface area contributed by atoms with Crippen molar-refractivity contribution in [2.75, 3.05) is 0 Å². The van der Waals surface area contributed by atoms with E-state index in [0.717, 1.165) is 5.76 Å². The Morgan fingerprint density at radius 3 is 2.50 bits per heavy atom. The van der Waals surface area contributed by atoms with Crippen LogP contribution in [0.1, 0.15) is 6.92 Å². The smallest absolute Gasteiger partial charge is 0.156 e. The van der Waals surface area contributed by atoms with E-state index < -0.39 is 0 Å². The monoisotopic (exact) mass is 104 g/mol. The SMILES string of the molecule is CC(Cl)C1=CO1. The minimum Gasteiger partial charge on any atom is -0.461 e. The van der Waals surface area contributed by atoms with Crippen molar-refractivity contribution < 1.29 is 4.74 Å². The third-order valence-corrected chi connectivity index (χ3v) is 0.861. The lowest BCUT2D eigenvalue weighted by molar-refractivity contribution is 0.490. The van der Waals surface area contributed by atoms with Gasteiger partial charge >= 0.3 is 0 Å². The molecule has 1 unspecified atom stereocenters. The van der Waals surface area contributed by atoms with Crippen molar-refractivity contribution in [3.8, 4) is 0 Å². The van der Waals surface area contributed by atoms with Crippen LogP contribution in [-0.2, 0) is 4.74 Å². The quantitative estimate of drug-likeness (QED) is 0.459. The number of allylic oxidation sites excluding steroid dienone is 1. The van der Waals surface area contributed by atoms with E-state index in [2.05, 4.69) is 4.74 Å². The summed E-state index contributed by atoms with van der Waals surface area (Å²) in [5.74, 6) is 0.900. The molecule has 0 saturated heterocycles. The summed E-state index contributed by atoms with van der Waals surface area (Å²) in [4.78, 5) is 0. The zero-order valence-electron chi connectivity index (χ0n) is 3.44. The summed E-state index contributed by atoms with van der Waals surface area (Å²) in [7, 11) is 0. The Balaban J connectivity index is 2.31. The normalized spacial score (nSPS) is 21.3. The van der Waals surface area contributed by atoms with Gasteiger partial charge in [-0.3, -0.25) is 0 Å². The Kier molecular flexibility index (Phi) is 0.771. The molecule has 0 bridgehead atoms. The highest BCUT2D eigenvalue weighted by Gasteiger charge is 2.14. The van der Waals surface area contributed by atoms with Crippen LogP contribution in [0.3, 0.4) is 0 Å². The molecule has 0 N–H and O–H groups in total. The van der Waals surface area contributed by atoms with E-state index in [1.54, 1.807) is 6.26 Å². The fourth-order valence-corrected chi connectivity index (χ4v) is 0.324.